The number of nitrogens with zero attached hydrogens (tertiary/aromatic N) is 2. The van der Waals surface area contributed by atoms with Crippen molar-refractivity contribution in [2.24, 2.45) is 0 Å². The molecule has 6 nitrogen and oxygen atoms in total. The van der Waals surface area contributed by atoms with Crippen LogP contribution in [0.1, 0.15) is 17.7 Å². The third kappa shape index (κ3) is 1.83. The van der Waals surface area contributed by atoms with Crippen LogP contribution in [0, 0.1) is 0 Å². The van der Waals surface area contributed by atoms with Crippen LogP contribution in [-0.4, -0.2) is 32.6 Å². The van der Waals surface area contributed by atoms with E-state index in [-0.39, 0.29) is 12.1 Å². The maximum atomic E-state index is 11.5. The summed E-state index contributed by atoms with van der Waals surface area (Å²) >= 11 is 0. The smallest absolute Gasteiger partial charge is 0.407 e. The summed E-state index contributed by atoms with van der Waals surface area (Å²) in [5.74, 6) is 0. The Bertz CT molecular complexity index is 440. The summed E-state index contributed by atoms with van der Waals surface area (Å²) in [4.78, 5) is 30.0. The van der Waals surface area contributed by atoms with Gasteiger partial charge in [0.2, 0.25) is 0 Å². The van der Waals surface area contributed by atoms with Gasteiger partial charge in [-0.25, -0.2) is 9.78 Å². The Hall–Kier alpha value is -1.85. The second kappa shape index (κ2) is 3.72. The van der Waals surface area contributed by atoms with E-state index in [2.05, 4.69) is 9.97 Å². The predicted octanol–water partition coefficient (Wildman–Crippen LogP) is 0.196. The van der Waals surface area contributed by atoms with Crippen LogP contribution in [0.4, 0.5) is 4.79 Å². The maximum absolute atomic E-state index is 11.5. The van der Waals surface area contributed by atoms with Crippen LogP contribution >= 0.6 is 0 Å². The van der Waals surface area contributed by atoms with Crippen molar-refractivity contribution < 1.29 is 9.90 Å². The number of carboxylic acid groups (broad SMARTS) is 1. The number of carbonyl (C=O) groups is 1. The molecule has 0 fully saturated rings. The zero-order valence-corrected chi connectivity index (χ0v) is 8.06. The van der Waals surface area contributed by atoms with Gasteiger partial charge in [-0.1, -0.05) is 0 Å². The molecular formula is C9H11N3O3. The molecule has 0 saturated heterocycles. The Labute approximate surface area is 85.6 Å². The topological polar surface area (TPSA) is 86.3 Å². The van der Waals surface area contributed by atoms with Crippen LogP contribution in [-0.2, 0) is 13.0 Å². The number of rotatable bonds is 0. The van der Waals surface area contributed by atoms with Crippen molar-refractivity contribution in [1.29, 1.82) is 0 Å². The van der Waals surface area contributed by atoms with E-state index in [4.69, 9.17) is 5.11 Å². The number of H-pyrrole nitrogens is 1. The minimum Gasteiger partial charge on any atom is -0.465 e. The molecule has 0 radical (unpaired) electrons. The van der Waals surface area contributed by atoms with E-state index in [0.717, 1.165) is 0 Å². The largest absolute Gasteiger partial charge is 0.465 e. The van der Waals surface area contributed by atoms with Gasteiger partial charge in [0, 0.05) is 6.54 Å². The van der Waals surface area contributed by atoms with E-state index < -0.39 is 6.09 Å². The van der Waals surface area contributed by atoms with E-state index in [0.29, 0.717) is 30.6 Å². The molecule has 2 N–H and O–H groups in total. The van der Waals surface area contributed by atoms with Crippen LogP contribution < -0.4 is 5.56 Å². The molecule has 1 aromatic rings. The molecule has 0 saturated carbocycles. The Morgan fingerprint density at radius 1 is 1.60 bits per heavy atom. The zero-order valence-electron chi connectivity index (χ0n) is 8.06. The maximum Gasteiger partial charge on any atom is 0.407 e. The number of amides is 1. The summed E-state index contributed by atoms with van der Waals surface area (Å²) in [5.41, 5.74) is 0.938. The third-order valence-corrected chi connectivity index (χ3v) is 2.50. The van der Waals surface area contributed by atoms with Crippen molar-refractivity contribution in [2.75, 3.05) is 6.54 Å². The lowest BCUT2D eigenvalue weighted by atomic mass is 10.2. The van der Waals surface area contributed by atoms with Crippen molar-refractivity contribution in [1.82, 2.24) is 14.9 Å². The van der Waals surface area contributed by atoms with E-state index in [1.807, 2.05) is 0 Å². The third-order valence-electron chi connectivity index (χ3n) is 2.50. The zero-order chi connectivity index (χ0) is 10.8. The number of hydrogen-bond acceptors (Lipinski definition) is 3. The van der Waals surface area contributed by atoms with Crippen molar-refractivity contribution in [2.45, 2.75) is 19.4 Å². The number of hydrogen-bond donors (Lipinski definition) is 2. The van der Waals surface area contributed by atoms with Crippen LogP contribution in [0.15, 0.2) is 11.1 Å². The number of aryl methyl sites for hydroxylation is 1. The van der Waals surface area contributed by atoms with Gasteiger partial charge in [0.1, 0.15) is 0 Å². The lowest BCUT2D eigenvalue weighted by molar-refractivity contribution is 0.143. The van der Waals surface area contributed by atoms with Crippen LogP contribution in [0.2, 0.25) is 0 Å². The lowest BCUT2D eigenvalue weighted by Gasteiger charge is -2.15. The molecule has 1 amide bonds. The van der Waals surface area contributed by atoms with Gasteiger partial charge < -0.3 is 15.0 Å². The average molecular weight is 209 g/mol. The van der Waals surface area contributed by atoms with Crippen LogP contribution in [0.3, 0.4) is 0 Å². The van der Waals surface area contributed by atoms with Crippen LogP contribution in [0.25, 0.3) is 0 Å². The minimum absolute atomic E-state index is 0.133. The fourth-order valence-electron chi connectivity index (χ4n) is 1.71. The van der Waals surface area contributed by atoms with E-state index in [1.54, 1.807) is 0 Å². The summed E-state index contributed by atoms with van der Waals surface area (Å²) in [5, 5.41) is 8.87. The number of fused-ring (bicyclic) bond motifs is 1. The first-order valence-electron chi connectivity index (χ1n) is 4.72. The van der Waals surface area contributed by atoms with E-state index in [1.165, 1.54) is 11.2 Å². The quantitative estimate of drug-likeness (QED) is 0.638. The highest BCUT2D eigenvalue weighted by molar-refractivity contribution is 5.65. The Balaban J connectivity index is 2.40. The molecular weight excluding hydrogens is 198 g/mol. The molecule has 0 aliphatic carbocycles. The fourth-order valence-corrected chi connectivity index (χ4v) is 1.71. The summed E-state index contributed by atoms with van der Waals surface area (Å²) < 4.78 is 0. The molecule has 1 aliphatic rings. The molecule has 0 unspecified atom stereocenters. The highest BCUT2D eigenvalue weighted by atomic mass is 16.4. The standard InChI is InChI=1S/C9H11N3O3/c13-8-6-4-12(9(14)15)3-1-2-7(6)10-5-11-8/h5H,1-4H2,(H,14,15)(H,10,11,13). The molecule has 0 spiro atoms. The first kappa shape index (κ1) is 9.70. The molecule has 0 bridgehead atoms. The Morgan fingerprint density at radius 2 is 2.40 bits per heavy atom. The van der Waals surface area contributed by atoms with Gasteiger partial charge in [-0.05, 0) is 12.8 Å². The van der Waals surface area contributed by atoms with Gasteiger partial charge in [-0.2, -0.15) is 0 Å². The normalized spacial score (nSPS) is 15.6. The van der Waals surface area contributed by atoms with Gasteiger partial charge in [-0.15, -0.1) is 0 Å². The molecule has 1 aliphatic heterocycles. The van der Waals surface area contributed by atoms with E-state index >= 15 is 0 Å². The lowest BCUT2D eigenvalue weighted by Crippen LogP contribution is -2.31. The molecule has 80 valence electrons. The summed E-state index contributed by atoms with van der Waals surface area (Å²) in [6, 6.07) is 0. The highest BCUT2D eigenvalue weighted by Crippen LogP contribution is 2.12. The summed E-state index contributed by atoms with van der Waals surface area (Å²) in [6.07, 6.45) is 1.72. The Morgan fingerprint density at radius 3 is 3.13 bits per heavy atom. The van der Waals surface area contributed by atoms with Crippen molar-refractivity contribution in [3.63, 3.8) is 0 Å². The number of nitrogens with one attached hydrogen (secondary N) is 1. The highest BCUT2D eigenvalue weighted by Gasteiger charge is 2.20. The van der Waals surface area contributed by atoms with Crippen LogP contribution in [0.5, 0.6) is 0 Å². The SMILES string of the molecule is O=C(O)N1CCCc2nc[nH]c(=O)c2C1. The van der Waals surface area contributed by atoms with Gasteiger partial charge in [0.25, 0.3) is 5.56 Å². The van der Waals surface area contributed by atoms with Gasteiger partial charge in [0.05, 0.1) is 24.1 Å². The van der Waals surface area contributed by atoms with Crippen molar-refractivity contribution in [3.05, 3.63) is 27.9 Å². The molecule has 15 heavy (non-hydrogen) atoms. The van der Waals surface area contributed by atoms with Gasteiger partial charge >= 0.3 is 6.09 Å². The number of aromatic nitrogens is 2. The first-order valence-corrected chi connectivity index (χ1v) is 4.72. The Kier molecular flexibility index (Phi) is 2.40. The van der Waals surface area contributed by atoms with Crippen molar-refractivity contribution >= 4 is 6.09 Å². The second-order valence-electron chi connectivity index (χ2n) is 3.46. The molecule has 6 heteroatoms. The average Bonchev–Trinajstić information content (AvgIpc) is 2.40. The van der Waals surface area contributed by atoms with Crippen molar-refractivity contribution in [3.8, 4) is 0 Å². The number of aromatic amines is 1. The van der Waals surface area contributed by atoms with E-state index in [9.17, 15) is 9.59 Å². The molecule has 1 aromatic heterocycles. The van der Waals surface area contributed by atoms with Gasteiger partial charge in [-0.3, -0.25) is 4.79 Å². The molecule has 0 aromatic carbocycles. The fraction of sp³-hybridized carbons (Fsp3) is 0.444. The monoisotopic (exact) mass is 209 g/mol. The first-order chi connectivity index (χ1) is 7.18. The molecule has 2 rings (SSSR count). The summed E-state index contributed by atoms with van der Waals surface area (Å²) in [7, 11) is 0. The minimum atomic E-state index is -0.994. The predicted molar refractivity (Wildman–Crippen MR) is 51.6 cm³/mol. The molecule has 2 heterocycles. The molecule has 0 atom stereocenters. The van der Waals surface area contributed by atoms with Gasteiger partial charge in [0.15, 0.2) is 0 Å². The summed E-state index contributed by atoms with van der Waals surface area (Å²) in [6.45, 7) is 0.582. The second-order valence-corrected chi connectivity index (χ2v) is 3.46.